The van der Waals surface area contributed by atoms with Gasteiger partial charge in [-0.3, -0.25) is 19.7 Å². The number of carbonyl (C=O) groups excluding carboxylic acids is 3. The van der Waals surface area contributed by atoms with E-state index in [1.165, 1.54) is 4.90 Å². The SMILES string of the molecule is CCSCCC1NC2(C(=O)N(Cc3ccc(Cl)cc3)c3ccccc32)C2C(=O)N(c3ccc(C)cc3)C(=O)C12. The summed E-state index contributed by atoms with van der Waals surface area (Å²) in [6, 6.07) is 22.2. The predicted molar refractivity (Wildman–Crippen MR) is 156 cm³/mol. The lowest BCUT2D eigenvalue weighted by Gasteiger charge is -2.30. The lowest BCUT2D eigenvalue weighted by Crippen LogP contribution is -2.55. The second-order valence-corrected chi connectivity index (χ2v) is 12.3. The summed E-state index contributed by atoms with van der Waals surface area (Å²) in [5, 5.41) is 4.23. The number of nitrogens with zero attached hydrogens (tertiary/aromatic N) is 2. The maximum Gasteiger partial charge on any atom is 0.253 e. The molecule has 3 amide bonds. The molecule has 3 aliphatic rings. The van der Waals surface area contributed by atoms with Crippen LogP contribution in [0.1, 0.15) is 30.0 Å². The van der Waals surface area contributed by atoms with Crippen LogP contribution in [0.3, 0.4) is 0 Å². The van der Waals surface area contributed by atoms with Crippen LogP contribution in [0.4, 0.5) is 11.4 Å². The number of fused-ring (bicyclic) bond motifs is 4. The first-order valence-electron chi connectivity index (χ1n) is 13.3. The summed E-state index contributed by atoms with van der Waals surface area (Å²) >= 11 is 7.90. The van der Waals surface area contributed by atoms with Crippen LogP contribution in [0, 0.1) is 18.8 Å². The Morgan fingerprint density at radius 2 is 1.67 bits per heavy atom. The Morgan fingerprint density at radius 3 is 2.38 bits per heavy atom. The molecule has 6 nitrogen and oxygen atoms in total. The average Bonchev–Trinajstić information content (AvgIpc) is 3.50. The fourth-order valence-electron chi connectivity index (χ4n) is 6.43. The maximum absolute atomic E-state index is 14.6. The van der Waals surface area contributed by atoms with Crippen molar-refractivity contribution in [2.45, 2.75) is 38.4 Å². The molecule has 200 valence electrons. The quantitative estimate of drug-likeness (QED) is 0.314. The molecule has 2 saturated heterocycles. The largest absolute Gasteiger partial charge is 0.306 e. The van der Waals surface area contributed by atoms with Crippen LogP contribution in [-0.2, 0) is 26.5 Å². The molecule has 4 atom stereocenters. The Balaban J connectivity index is 1.45. The van der Waals surface area contributed by atoms with E-state index < -0.39 is 17.4 Å². The average molecular weight is 560 g/mol. The van der Waals surface area contributed by atoms with Gasteiger partial charge in [-0.2, -0.15) is 11.8 Å². The third kappa shape index (κ3) is 4.10. The first-order chi connectivity index (χ1) is 18.9. The van der Waals surface area contributed by atoms with Gasteiger partial charge in [0.2, 0.25) is 11.8 Å². The third-order valence-electron chi connectivity index (χ3n) is 8.19. The van der Waals surface area contributed by atoms with Crippen LogP contribution < -0.4 is 15.1 Å². The molecule has 0 saturated carbocycles. The van der Waals surface area contributed by atoms with E-state index in [-0.39, 0.29) is 23.8 Å². The van der Waals surface area contributed by atoms with Crippen molar-refractivity contribution in [2.24, 2.45) is 11.8 Å². The lowest BCUT2D eigenvalue weighted by molar-refractivity contribution is -0.132. The zero-order valence-electron chi connectivity index (χ0n) is 21.9. The van der Waals surface area contributed by atoms with Gasteiger partial charge in [-0.05, 0) is 60.7 Å². The topological polar surface area (TPSA) is 69.7 Å². The van der Waals surface area contributed by atoms with Crippen molar-refractivity contribution in [3.63, 3.8) is 0 Å². The molecule has 1 spiro atoms. The normalized spacial score (nSPS) is 25.6. The third-order valence-corrected chi connectivity index (χ3v) is 9.37. The zero-order valence-corrected chi connectivity index (χ0v) is 23.5. The number of hydrogen-bond acceptors (Lipinski definition) is 5. The number of carbonyl (C=O) groups is 3. The predicted octanol–water partition coefficient (Wildman–Crippen LogP) is 5.31. The molecule has 2 fully saturated rings. The summed E-state index contributed by atoms with van der Waals surface area (Å²) in [4.78, 5) is 45.9. The Kier molecular flexibility index (Phi) is 6.78. The number of imide groups is 1. The van der Waals surface area contributed by atoms with Crippen LogP contribution in [0.25, 0.3) is 0 Å². The Labute approximate surface area is 237 Å². The van der Waals surface area contributed by atoms with E-state index in [1.807, 2.05) is 79.7 Å². The molecule has 4 unspecified atom stereocenters. The molecular formula is C31H30ClN3O3S. The molecule has 6 rings (SSSR count). The van der Waals surface area contributed by atoms with Crippen molar-refractivity contribution in [2.75, 3.05) is 21.3 Å². The van der Waals surface area contributed by atoms with Gasteiger partial charge in [-0.15, -0.1) is 0 Å². The molecule has 0 bridgehead atoms. The van der Waals surface area contributed by atoms with E-state index in [0.29, 0.717) is 23.7 Å². The number of halogens is 1. The first-order valence-corrected chi connectivity index (χ1v) is 14.9. The van der Waals surface area contributed by atoms with Crippen LogP contribution in [-0.4, -0.2) is 35.3 Å². The van der Waals surface area contributed by atoms with Crippen LogP contribution in [0.2, 0.25) is 5.02 Å². The van der Waals surface area contributed by atoms with E-state index in [2.05, 4.69) is 12.2 Å². The van der Waals surface area contributed by atoms with E-state index in [4.69, 9.17) is 11.6 Å². The first kappa shape index (κ1) is 26.1. The van der Waals surface area contributed by atoms with E-state index in [0.717, 1.165) is 33.9 Å². The van der Waals surface area contributed by atoms with E-state index >= 15 is 0 Å². The standard InChI is InChI=1S/C31H30ClN3O3S/c1-3-39-17-16-24-26-27(29(37)35(28(26)36)22-14-8-19(2)9-15-22)31(33-24)23-6-4-5-7-25(23)34(30(31)38)18-20-10-12-21(32)13-11-20/h4-15,24,26-27,33H,3,16-18H2,1-2H3. The van der Waals surface area contributed by atoms with Crippen LogP contribution >= 0.6 is 23.4 Å². The minimum atomic E-state index is -1.30. The maximum atomic E-state index is 14.6. The summed E-state index contributed by atoms with van der Waals surface area (Å²) in [7, 11) is 0. The highest BCUT2D eigenvalue weighted by Crippen LogP contribution is 2.55. The lowest BCUT2D eigenvalue weighted by atomic mass is 9.76. The summed E-state index contributed by atoms with van der Waals surface area (Å²) in [6.07, 6.45) is 0.689. The fourth-order valence-corrected chi connectivity index (χ4v) is 7.26. The number of benzene rings is 3. The van der Waals surface area contributed by atoms with Gasteiger partial charge in [-0.1, -0.05) is 66.6 Å². The molecule has 3 heterocycles. The summed E-state index contributed by atoms with van der Waals surface area (Å²) in [5.41, 5.74) is 2.75. The highest BCUT2D eigenvalue weighted by molar-refractivity contribution is 7.99. The van der Waals surface area contributed by atoms with Gasteiger partial charge in [0.05, 0.1) is 24.1 Å². The number of anilines is 2. The number of aryl methyl sites for hydroxylation is 1. The highest BCUT2D eigenvalue weighted by Gasteiger charge is 2.71. The Morgan fingerprint density at radius 1 is 0.949 bits per heavy atom. The number of rotatable bonds is 7. The monoisotopic (exact) mass is 559 g/mol. The van der Waals surface area contributed by atoms with Gasteiger partial charge in [0.25, 0.3) is 5.91 Å². The minimum Gasteiger partial charge on any atom is -0.306 e. The summed E-state index contributed by atoms with van der Waals surface area (Å²) in [5.74, 6) is -0.384. The number of para-hydroxylation sites is 1. The van der Waals surface area contributed by atoms with Crippen LogP contribution in [0.15, 0.2) is 72.8 Å². The second-order valence-electron chi connectivity index (χ2n) is 10.4. The van der Waals surface area contributed by atoms with Crippen molar-refractivity contribution < 1.29 is 14.4 Å². The van der Waals surface area contributed by atoms with Gasteiger partial charge in [0.1, 0.15) is 5.54 Å². The smallest absolute Gasteiger partial charge is 0.253 e. The second kappa shape index (κ2) is 10.1. The molecule has 1 N–H and O–H groups in total. The molecule has 39 heavy (non-hydrogen) atoms. The fraction of sp³-hybridized carbons (Fsp3) is 0.323. The van der Waals surface area contributed by atoms with E-state index in [1.54, 1.807) is 16.7 Å². The number of amides is 3. The molecular weight excluding hydrogens is 530 g/mol. The van der Waals surface area contributed by atoms with E-state index in [9.17, 15) is 14.4 Å². The minimum absolute atomic E-state index is 0.189. The molecule has 0 aliphatic carbocycles. The highest BCUT2D eigenvalue weighted by atomic mass is 35.5. The van der Waals surface area contributed by atoms with Gasteiger partial charge in [0, 0.05) is 22.3 Å². The van der Waals surface area contributed by atoms with Gasteiger partial charge < -0.3 is 4.90 Å². The van der Waals surface area contributed by atoms with Gasteiger partial charge in [0.15, 0.2) is 0 Å². The molecule has 3 aromatic carbocycles. The number of nitrogens with one attached hydrogen (secondary N) is 1. The molecule has 0 aromatic heterocycles. The van der Waals surface area contributed by atoms with Crippen molar-refractivity contribution >= 4 is 52.5 Å². The Bertz CT molecular complexity index is 1440. The number of hydrogen-bond donors (Lipinski definition) is 1. The molecule has 3 aromatic rings. The van der Waals surface area contributed by atoms with Crippen molar-refractivity contribution in [3.8, 4) is 0 Å². The molecule has 8 heteroatoms. The zero-order chi connectivity index (χ0) is 27.3. The summed E-state index contributed by atoms with van der Waals surface area (Å²) in [6.45, 7) is 4.41. The Hall–Kier alpha value is -3.13. The van der Waals surface area contributed by atoms with Gasteiger partial charge in [-0.25, -0.2) is 4.90 Å². The number of thioether (sulfide) groups is 1. The molecule has 3 aliphatic heterocycles. The van der Waals surface area contributed by atoms with Crippen LogP contribution in [0.5, 0.6) is 0 Å². The molecule has 0 radical (unpaired) electrons. The van der Waals surface area contributed by atoms with Crippen molar-refractivity contribution in [3.05, 3.63) is 94.5 Å². The summed E-state index contributed by atoms with van der Waals surface area (Å²) < 4.78 is 0. The van der Waals surface area contributed by atoms with Crippen molar-refractivity contribution in [1.29, 1.82) is 0 Å². The van der Waals surface area contributed by atoms with Gasteiger partial charge >= 0.3 is 0 Å². The van der Waals surface area contributed by atoms with Crippen molar-refractivity contribution in [1.82, 2.24) is 5.32 Å².